The topological polar surface area (TPSA) is 104 Å². The summed E-state index contributed by atoms with van der Waals surface area (Å²) in [4.78, 5) is 22.9. The van der Waals surface area contributed by atoms with Crippen LogP contribution in [0.3, 0.4) is 0 Å². The van der Waals surface area contributed by atoms with Gasteiger partial charge >= 0.3 is 0 Å². The molecule has 5 rings (SSSR count). The summed E-state index contributed by atoms with van der Waals surface area (Å²) in [5.41, 5.74) is 5.25. The second-order valence-electron chi connectivity index (χ2n) is 9.12. The third-order valence-corrected chi connectivity index (χ3v) is 7.61. The number of hydrogen-bond acceptors (Lipinski definition) is 6. The molecule has 0 atom stereocenters. The van der Waals surface area contributed by atoms with Crippen molar-refractivity contribution in [2.24, 2.45) is 0 Å². The fourth-order valence-electron chi connectivity index (χ4n) is 4.41. The lowest BCUT2D eigenvalue weighted by Gasteiger charge is -2.18. The molecule has 0 saturated heterocycles. The highest BCUT2D eigenvalue weighted by molar-refractivity contribution is 7.92. The molecule has 37 heavy (non-hydrogen) atoms. The maximum atomic E-state index is 13.3. The maximum Gasteiger partial charge on any atom is 0.264 e. The first-order chi connectivity index (χ1) is 17.8. The maximum absolute atomic E-state index is 13.3. The predicted molar refractivity (Wildman–Crippen MR) is 145 cm³/mol. The number of para-hydroxylation sites is 1. The van der Waals surface area contributed by atoms with Crippen molar-refractivity contribution in [3.8, 4) is 0 Å². The van der Waals surface area contributed by atoms with Crippen LogP contribution in [0.2, 0.25) is 0 Å². The second-order valence-corrected chi connectivity index (χ2v) is 10.8. The minimum atomic E-state index is -3.85. The van der Waals surface area contributed by atoms with Crippen LogP contribution in [0.4, 0.5) is 23.0 Å². The lowest BCUT2D eigenvalue weighted by Crippen LogP contribution is -2.28. The molecular formula is C28H27N5O3S. The summed E-state index contributed by atoms with van der Waals surface area (Å²) >= 11 is 0. The third kappa shape index (κ3) is 5.17. The number of fused-ring (bicyclic) bond motifs is 1. The monoisotopic (exact) mass is 513 g/mol. The van der Waals surface area contributed by atoms with Crippen LogP contribution in [0.25, 0.3) is 0 Å². The number of anilines is 4. The molecule has 8 nitrogen and oxygen atoms in total. The molecule has 0 unspecified atom stereocenters. The van der Waals surface area contributed by atoms with Gasteiger partial charge in [-0.1, -0.05) is 32.0 Å². The number of nitrogens with one attached hydrogen (secondary N) is 2. The number of amides is 1. The molecule has 1 aliphatic rings. The molecule has 0 fully saturated rings. The van der Waals surface area contributed by atoms with Crippen LogP contribution in [-0.2, 0) is 16.4 Å². The molecule has 1 aliphatic heterocycles. The Morgan fingerprint density at radius 3 is 2.41 bits per heavy atom. The van der Waals surface area contributed by atoms with Gasteiger partial charge in [0.05, 0.1) is 4.90 Å². The molecule has 9 heteroatoms. The van der Waals surface area contributed by atoms with Gasteiger partial charge in [-0.15, -0.1) is 0 Å². The Bertz CT molecular complexity index is 1540. The second kappa shape index (κ2) is 10.0. The fourth-order valence-corrected chi connectivity index (χ4v) is 5.42. The van der Waals surface area contributed by atoms with E-state index in [9.17, 15) is 13.2 Å². The molecule has 3 aromatic carbocycles. The van der Waals surface area contributed by atoms with Gasteiger partial charge in [-0.3, -0.25) is 4.79 Å². The fraction of sp³-hybridized carbons (Fsp3) is 0.179. The first kappa shape index (κ1) is 24.5. The number of nitrogens with zero attached hydrogens (tertiary/aromatic N) is 3. The zero-order valence-corrected chi connectivity index (χ0v) is 21.4. The van der Waals surface area contributed by atoms with Crippen molar-refractivity contribution in [1.29, 1.82) is 0 Å². The largest absolute Gasteiger partial charge is 0.355 e. The first-order valence-corrected chi connectivity index (χ1v) is 13.5. The van der Waals surface area contributed by atoms with E-state index in [1.807, 2.05) is 42.5 Å². The van der Waals surface area contributed by atoms with E-state index in [1.54, 1.807) is 23.1 Å². The molecule has 0 radical (unpaired) electrons. The minimum Gasteiger partial charge on any atom is -0.355 e. The van der Waals surface area contributed by atoms with Crippen LogP contribution in [0.15, 0.2) is 90.1 Å². The van der Waals surface area contributed by atoms with E-state index < -0.39 is 10.0 Å². The number of aromatic nitrogens is 2. The smallest absolute Gasteiger partial charge is 0.264 e. The van der Waals surface area contributed by atoms with Crippen molar-refractivity contribution < 1.29 is 13.2 Å². The van der Waals surface area contributed by atoms with Crippen molar-refractivity contribution in [3.63, 3.8) is 0 Å². The molecule has 2 N–H and O–H groups in total. The van der Waals surface area contributed by atoms with E-state index in [2.05, 4.69) is 39.9 Å². The van der Waals surface area contributed by atoms with Crippen molar-refractivity contribution >= 4 is 38.9 Å². The summed E-state index contributed by atoms with van der Waals surface area (Å²) in [6, 6.07) is 22.0. The van der Waals surface area contributed by atoms with Crippen molar-refractivity contribution in [3.05, 3.63) is 102 Å². The van der Waals surface area contributed by atoms with Gasteiger partial charge in [-0.05, 0) is 78.1 Å². The Kier molecular flexibility index (Phi) is 6.62. The van der Waals surface area contributed by atoms with Crippen LogP contribution >= 0.6 is 0 Å². The number of carbonyl (C=O) groups is 1. The molecular weight excluding hydrogens is 486 g/mol. The van der Waals surface area contributed by atoms with Gasteiger partial charge in [0.1, 0.15) is 0 Å². The van der Waals surface area contributed by atoms with Gasteiger partial charge in [0.15, 0.2) is 0 Å². The highest BCUT2D eigenvalue weighted by Gasteiger charge is 2.27. The van der Waals surface area contributed by atoms with Crippen LogP contribution in [0.1, 0.15) is 41.3 Å². The van der Waals surface area contributed by atoms with Gasteiger partial charge in [0.2, 0.25) is 5.95 Å². The van der Waals surface area contributed by atoms with Gasteiger partial charge in [-0.25, -0.2) is 23.1 Å². The molecule has 0 bridgehead atoms. The van der Waals surface area contributed by atoms with Crippen LogP contribution < -0.4 is 14.9 Å². The highest BCUT2D eigenvalue weighted by atomic mass is 32.2. The summed E-state index contributed by atoms with van der Waals surface area (Å²) < 4.78 is 27.9. The quantitative estimate of drug-likeness (QED) is 0.345. The van der Waals surface area contributed by atoms with Crippen LogP contribution in [0.5, 0.6) is 0 Å². The van der Waals surface area contributed by atoms with Gasteiger partial charge in [0, 0.05) is 41.6 Å². The van der Waals surface area contributed by atoms with E-state index >= 15 is 0 Å². The third-order valence-electron chi connectivity index (χ3n) is 6.29. The lowest BCUT2D eigenvalue weighted by atomic mass is 10.0. The number of rotatable bonds is 7. The summed E-state index contributed by atoms with van der Waals surface area (Å²) in [6.45, 7) is 4.79. The molecule has 0 aliphatic carbocycles. The first-order valence-electron chi connectivity index (χ1n) is 12.0. The van der Waals surface area contributed by atoms with Gasteiger partial charge in [0.25, 0.3) is 15.9 Å². The standard InChI is InChI=1S/C28H27N5O3S/c1-19(2)24-6-3-4-7-25(24)31-22-10-8-20(9-11-22)27(34)33-17-14-21-18-23(12-13-26(21)33)37(35,36)32-28-29-15-5-16-30-28/h3-13,15-16,18-19,31H,14,17H2,1-2H3,(H,29,30,32). The lowest BCUT2D eigenvalue weighted by molar-refractivity contribution is 0.0989. The SMILES string of the molecule is CC(C)c1ccccc1Nc1ccc(C(=O)N2CCc3cc(S(=O)(=O)Nc4ncccn4)ccc32)cc1. The zero-order valence-electron chi connectivity index (χ0n) is 20.5. The Morgan fingerprint density at radius 1 is 0.946 bits per heavy atom. The average molecular weight is 514 g/mol. The van der Waals surface area contributed by atoms with Gasteiger partial charge in [-0.2, -0.15) is 0 Å². The van der Waals surface area contributed by atoms with E-state index in [1.165, 1.54) is 24.0 Å². The van der Waals surface area contributed by atoms with Crippen LogP contribution in [0, 0.1) is 0 Å². The Balaban J connectivity index is 1.31. The van der Waals surface area contributed by atoms with E-state index in [0.717, 1.165) is 16.9 Å². The molecule has 0 saturated carbocycles. The Morgan fingerprint density at radius 2 is 1.68 bits per heavy atom. The normalized spacial score (nSPS) is 12.9. The molecule has 0 spiro atoms. The molecule has 4 aromatic rings. The highest BCUT2D eigenvalue weighted by Crippen LogP contribution is 2.32. The molecule has 1 amide bonds. The van der Waals surface area contributed by atoms with Crippen molar-refractivity contribution in [2.75, 3.05) is 21.5 Å². The minimum absolute atomic E-state index is 0.00503. The summed E-state index contributed by atoms with van der Waals surface area (Å²) in [6.07, 6.45) is 3.49. The number of hydrogen-bond donors (Lipinski definition) is 2. The molecule has 188 valence electrons. The van der Waals surface area contributed by atoms with Crippen LogP contribution in [-0.4, -0.2) is 30.8 Å². The zero-order chi connectivity index (χ0) is 26.0. The van der Waals surface area contributed by atoms with E-state index in [0.29, 0.717) is 30.1 Å². The van der Waals surface area contributed by atoms with Gasteiger partial charge < -0.3 is 10.2 Å². The van der Waals surface area contributed by atoms with E-state index in [-0.39, 0.29) is 16.8 Å². The predicted octanol–water partition coefficient (Wildman–Crippen LogP) is 5.35. The summed E-state index contributed by atoms with van der Waals surface area (Å²) in [5, 5.41) is 3.45. The van der Waals surface area contributed by atoms with E-state index in [4.69, 9.17) is 0 Å². The summed E-state index contributed by atoms with van der Waals surface area (Å²) in [5.74, 6) is 0.266. The average Bonchev–Trinajstić information content (AvgIpc) is 3.33. The Labute approximate surface area is 216 Å². The summed E-state index contributed by atoms with van der Waals surface area (Å²) in [7, 11) is -3.85. The number of benzene rings is 3. The van der Waals surface area contributed by atoms with Crippen molar-refractivity contribution in [1.82, 2.24) is 9.97 Å². The molecule has 1 aromatic heterocycles. The molecule has 2 heterocycles. The number of carbonyl (C=O) groups excluding carboxylic acids is 1. The van der Waals surface area contributed by atoms with Crippen molar-refractivity contribution in [2.45, 2.75) is 31.1 Å². The number of sulfonamides is 1. The Hall–Kier alpha value is -4.24.